The number of rotatable bonds is 3. The number of hydrogen-bond donors (Lipinski definition) is 2. The molecule has 34 heavy (non-hydrogen) atoms. The Labute approximate surface area is 198 Å². The summed E-state index contributed by atoms with van der Waals surface area (Å²) in [5, 5.41) is 11.5. The van der Waals surface area contributed by atoms with Crippen LogP contribution in [0.4, 0.5) is 5.82 Å². The van der Waals surface area contributed by atoms with E-state index in [2.05, 4.69) is 26.7 Å². The number of carbonyl (C=O) groups is 1. The first-order chi connectivity index (χ1) is 16.4. The van der Waals surface area contributed by atoms with Crippen molar-refractivity contribution in [1.82, 2.24) is 24.8 Å². The molecule has 0 radical (unpaired) electrons. The van der Waals surface area contributed by atoms with Gasteiger partial charge in [-0.25, -0.2) is 15.0 Å². The fraction of sp³-hybridized carbons (Fsp3) is 0.385. The number of piperidine rings is 1. The van der Waals surface area contributed by atoms with Gasteiger partial charge >= 0.3 is 0 Å². The molecule has 0 spiro atoms. The van der Waals surface area contributed by atoms with Gasteiger partial charge in [-0.2, -0.15) is 0 Å². The molecule has 3 aromatic rings. The van der Waals surface area contributed by atoms with Gasteiger partial charge in [0.05, 0.1) is 0 Å². The number of nitrogens with zero attached hydrogens (tertiary/aromatic N) is 5. The molecule has 5 rings (SSSR count). The second-order valence-electron chi connectivity index (χ2n) is 9.13. The van der Waals surface area contributed by atoms with Gasteiger partial charge in [0, 0.05) is 55.5 Å². The van der Waals surface area contributed by atoms with Gasteiger partial charge in [-0.05, 0) is 43.6 Å². The number of amides is 1. The number of aliphatic hydroxyl groups is 1. The van der Waals surface area contributed by atoms with Crippen molar-refractivity contribution in [2.75, 3.05) is 32.4 Å². The first-order valence-corrected chi connectivity index (χ1v) is 11.7. The summed E-state index contributed by atoms with van der Waals surface area (Å²) in [5.41, 5.74) is 7.73. The number of nitrogen functional groups attached to an aromatic ring is 1. The number of aromatic nitrogens is 3. The smallest absolute Gasteiger partial charge is 0.267 e. The molecule has 2 fully saturated rings. The Hall–Kier alpha value is -3.54. The van der Waals surface area contributed by atoms with Crippen molar-refractivity contribution < 1.29 is 9.90 Å². The fourth-order valence-corrected chi connectivity index (χ4v) is 4.60. The van der Waals surface area contributed by atoms with Crippen molar-refractivity contribution in [3.05, 3.63) is 47.8 Å². The normalized spacial score (nSPS) is 21.0. The maximum Gasteiger partial charge on any atom is 0.267 e. The molecular formula is C26H28N6O2. The van der Waals surface area contributed by atoms with E-state index in [1.54, 1.807) is 7.05 Å². The first-order valence-electron chi connectivity index (χ1n) is 11.7. The van der Waals surface area contributed by atoms with Crippen LogP contribution in [0.2, 0.25) is 0 Å². The van der Waals surface area contributed by atoms with E-state index >= 15 is 0 Å². The van der Waals surface area contributed by atoms with Gasteiger partial charge in [0.15, 0.2) is 5.82 Å². The minimum atomic E-state index is -1.63. The van der Waals surface area contributed by atoms with Crippen LogP contribution in [0.5, 0.6) is 0 Å². The van der Waals surface area contributed by atoms with E-state index in [1.807, 2.05) is 36.7 Å². The molecule has 0 bridgehead atoms. The molecule has 1 aromatic carbocycles. The van der Waals surface area contributed by atoms with Crippen LogP contribution in [0.15, 0.2) is 36.7 Å². The van der Waals surface area contributed by atoms with Crippen molar-refractivity contribution >= 4 is 22.6 Å². The zero-order valence-electron chi connectivity index (χ0n) is 19.3. The molecule has 3 N–H and O–H groups in total. The molecule has 1 unspecified atom stereocenters. The zero-order valence-corrected chi connectivity index (χ0v) is 19.3. The van der Waals surface area contributed by atoms with Crippen molar-refractivity contribution in [2.24, 2.45) is 0 Å². The zero-order chi connectivity index (χ0) is 23.7. The second kappa shape index (κ2) is 9.01. The van der Waals surface area contributed by atoms with Crippen LogP contribution in [0, 0.1) is 11.8 Å². The predicted molar refractivity (Wildman–Crippen MR) is 130 cm³/mol. The molecular weight excluding hydrogens is 428 g/mol. The lowest BCUT2D eigenvalue weighted by Gasteiger charge is -2.26. The maximum absolute atomic E-state index is 12.2. The van der Waals surface area contributed by atoms with Gasteiger partial charge in [-0.1, -0.05) is 30.4 Å². The van der Waals surface area contributed by atoms with E-state index in [0.29, 0.717) is 35.7 Å². The van der Waals surface area contributed by atoms with Crippen LogP contribution in [0.25, 0.3) is 22.3 Å². The monoisotopic (exact) mass is 456 g/mol. The molecule has 8 nitrogen and oxygen atoms in total. The highest BCUT2D eigenvalue weighted by Gasteiger charge is 2.42. The third kappa shape index (κ3) is 4.32. The summed E-state index contributed by atoms with van der Waals surface area (Å²) in [5.74, 6) is 6.24. The topological polar surface area (TPSA) is 108 Å². The van der Waals surface area contributed by atoms with Crippen LogP contribution in [-0.2, 0) is 11.3 Å². The van der Waals surface area contributed by atoms with E-state index in [4.69, 9.17) is 10.7 Å². The molecule has 1 amide bonds. The lowest BCUT2D eigenvalue weighted by Crippen LogP contribution is -2.37. The highest BCUT2D eigenvalue weighted by atomic mass is 16.3. The van der Waals surface area contributed by atoms with Gasteiger partial charge in [-0.15, -0.1) is 0 Å². The fourth-order valence-electron chi connectivity index (χ4n) is 4.60. The third-order valence-corrected chi connectivity index (χ3v) is 6.62. The lowest BCUT2D eigenvalue weighted by atomic mass is 10.0. The molecule has 0 aliphatic carbocycles. The number of likely N-dealkylation sites (N-methyl/N-ethyl adjacent to an activating group) is 1. The quantitative estimate of drug-likeness (QED) is 0.582. The van der Waals surface area contributed by atoms with Gasteiger partial charge in [0.1, 0.15) is 11.3 Å². The Kier molecular flexibility index (Phi) is 5.90. The number of pyridine rings is 1. The summed E-state index contributed by atoms with van der Waals surface area (Å²) in [7, 11) is 1.66. The Morgan fingerprint density at radius 1 is 1.15 bits per heavy atom. The second-order valence-corrected chi connectivity index (χ2v) is 9.13. The summed E-state index contributed by atoms with van der Waals surface area (Å²) >= 11 is 0. The Morgan fingerprint density at radius 3 is 2.74 bits per heavy atom. The molecule has 2 aliphatic heterocycles. The Balaban J connectivity index is 1.44. The molecule has 2 aliphatic rings. The van der Waals surface area contributed by atoms with E-state index in [1.165, 1.54) is 24.2 Å². The number of benzene rings is 1. The summed E-state index contributed by atoms with van der Waals surface area (Å²) in [6, 6.07) is 7.43. The van der Waals surface area contributed by atoms with Gasteiger partial charge in [0.2, 0.25) is 5.60 Å². The number of carbonyl (C=O) groups excluding carboxylic acids is 1. The van der Waals surface area contributed by atoms with Crippen LogP contribution in [-0.4, -0.2) is 68.0 Å². The van der Waals surface area contributed by atoms with Crippen molar-refractivity contribution in [3.8, 4) is 23.2 Å². The van der Waals surface area contributed by atoms with Crippen LogP contribution < -0.4 is 5.73 Å². The number of nitrogens with two attached hydrogens (primary N) is 1. The van der Waals surface area contributed by atoms with Gasteiger partial charge in [0.25, 0.3) is 5.91 Å². The Morgan fingerprint density at radius 2 is 1.97 bits per heavy atom. The molecule has 4 heterocycles. The summed E-state index contributed by atoms with van der Waals surface area (Å²) < 4.78 is 0. The average Bonchev–Trinajstić information content (AvgIpc) is 3.13. The van der Waals surface area contributed by atoms with Crippen molar-refractivity contribution in [2.45, 2.75) is 37.8 Å². The van der Waals surface area contributed by atoms with Gasteiger partial charge in [-0.3, -0.25) is 9.69 Å². The summed E-state index contributed by atoms with van der Waals surface area (Å²) in [6.45, 7) is 3.49. The number of hydrogen-bond acceptors (Lipinski definition) is 7. The minimum Gasteiger partial charge on any atom is -0.382 e. The maximum atomic E-state index is 12.2. The first kappa shape index (κ1) is 22.3. The summed E-state index contributed by atoms with van der Waals surface area (Å²) in [4.78, 5) is 29.9. The van der Waals surface area contributed by atoms with Crippen molar-refractivity contribution in [1.29, 1.82) is 0 Å². The van der Waals surface area contributed by atoms with E-state index in [-0.39, 0.29) is 5.91 Å². The molecule has 174 valence electrons. The van der Waals surface area contributed by atoms with E-state index in [0.717, 1.165) is 36.1 Å². The molecule has 0 saturated carbocycles. The number of fused-ring (bicyclic) bond motifs is 1. The highest BCUT2D eigenvalue weighted by Crippen LogP contribution is 2.26. The summed E-state index contributed by atoms with van der Waals surface area (Å²) in [6.07, 6.45) is 7.70. The highest BCUT2D eigenvalue weighted by molar-refractivity contribution is 5.91. The van der Waals surface area contributed by atoms with Crippen LogP contribution in [0.1, 0.15) is 36.8 Å². The predicted octanol–water partition coefficient (Wildman–Crippen LogP) is 2.20. The van der Waals surface area contributed by atoms with Crippen LogP contribution >= 0.6 is 0 Å². The van der Waals surface area contributed by atoms with Crippen LogP contribution in [0.3, 0.4) is 0 Å². The molecule has 2 aromatic heterocycles. The number of anilines is 1. The lowest BCUT2D eigenvalue weighted by molar-refractivity contribution is -0.137. The minimum absolute atomic E-state index is 0.300. The van der Waals surface area contributed by atoms with E-state index in [9.17, 15) is 9.90 Å². The van der Waals surface area contributed by atoms with Crippen molar-refractivity contribution in [3.63, 3.8) is 0 Å². The van der Waals surface area contributed by atoms with Gasteiger partial charge < -0.3 is 15.7 Å². The SMILES string of the molecule is CN1CCC(O)(C#Cc2cccc(-c3ncc4c(CN5CCCCC5)cnc(N)c4n3)c2)C1=O. The largest absolute Gasteiger partial charge is 0.382 e. The number of likely N-dealkylation sites (tertiary alicyclic amines) is 2. The third-order valence-electron chi connectivity index (χ3n) is 6.62. The Bertz CT molecular complexity index is 1310. The molecule has 8 heteroatoms. The average molecular weight is 457 g/mol. The van der Waals surface area contributed by atoms with E-state index < -0.39 is 5.60 Å². The standard InChI is InChI=1S/C26H28N6O2/c1-31-13-10-26(34,25(31)33)9-8-18-6-5-7-19(14-18)24-29-16-21-20(15-28-23(27)22(21)30-24)17-32-11-3-2-4-12-32/h5-7,14-16,34H,2-4,10-13,17H2,1H3,(H2,27,28). The molecule has 2 saturated heterocycles. The molecule has 1 atom stereocenters.